The number of phenolic OH excluding ortho intramolecular Hbond substituents is 1. The normalized spacial score (nSPS) is 15.8. The van der Waals surface area contributed by atoms with Crippen molar-refractivity contribution < 1.29 is 38.9 Å². The minimum atomic E-state index is -0.682. The lowest BCUT2D eigenvalue weighted by atomic mass is 10.1. The Hall–Kier alpha value is -9.28. The molecular formula is C55H57N13O8S. The molecule has 4 aliphatic rings. The second-order valence-corrected chi connectivity index (χ2v) is 18.7. The van der Waals surface area contributed by atoms with Gasteiger partial charge >= 0.3 is 18.0 Å². The highest BCUT2D eigenvalue weighted by Gasteiger charge is 2.33. The first-order valence-corrected chi connectivity index (χ1v) is 25.7. The number of phenols is 1. The van der Waals surface area contributed by atoms with E-state index in [-0.39, 0.29) is 59.5 Å². The van der Waals surface area contributed by atoms with Crippen molar-refractivity contribution in [2.45, 2.75) is 19.8 Å². The number of urea groups is 2. The number of ether oxygens (including phenoxy) is 2. The van der Waals surface area contributed by atoms with Crippen LogP contribution in [0.5, 0.6) is 11.5 Å². The Morgan fingerprint density at radius 3 is 1.99 bits per heavy atom. The minimum Gasteiger partial charge on any atom is -0.506 e. The van der Waals surface area contributed by atoms with E-state index in [2.05, 4.69) is 57.7 Å². The number of hydrogen-bond acceptors (Lipinski definition) is 17. The smallest absolute Gasteiger partial charge is 0.344 e. The number of rotatable bonds is 19. The molecule has 5 aromatic rings. The van der Waals surface area contributed by atoms with Crippen molar-refractivity contribution in [3.63, 3.8) is 0 Å². The number of aliphatic hydroxyl groups excluding tert-OH is 1. The van der Waals surface area contributed by atoms with Crippen LogP contribution in [0.15, 0.2) is 158 Å². The van der Waals surface area contributed by atoms with E-state index in [1.165, 1.54) is 18.2 Å². The van der Waals surface area contributed by atoms with Gasteiger partial charge in [0.15, 0.2) is 11.5 Å². The highest BCUT2D eigenvalue weighted by Crippen LogP contribution is 2.41. The maximum atomic E-state index is 13.7. The molecule has 0 saturated carbocycles. The van der Waals surface area contributed by atoms with E-state index in [9.17, 15) is 29.4 Å². The first-order chi connectivity index (χ1) is 37.4. The zero-order chi connectivity index (χ0) is 53.7. The van der Waals surface area contributed by atoms with Gasteiger partial charge in [0, 0.05) is 97.4 Å². The summed E-state index contributed by atoms with van der Waals surface area (Å²) < 4.78 is 11.1. The van der Waals surface area contributed by atoms with Crippen LogP contribution in [-0.4, -0.2) is 120 Å². The van der Waals surface area contributed by atoms with Crippen LogP contribution in [0.4, 0.5) is 38.0 Å². The maximum Gasteiger partial charge on any atom is 0.344 e. The first kappa shape index (κ1) is 52.6. The highest BCUT2D eigenvalue weighted by molar-refractivity contribution is 8.18. The molecule has 0 bridgehead atoms. The number of amidine groups is 2. The Morgan fingerprint density at radius 1 is 0.779 bits per heavy atom. The molecule has 5 amide bonds. The number of para-hydroxylation sites is 1. The second-order valence-electron chi connectivity index (χ2n) is 17.6. The predicted molar refractivity (Wildman–Crippen MR) is 300 cm³/mol. The van der Waals surface area contributed by atoms with Crippen molar-refractivity contribution in [3.05, 3.63) is 166 Å². The summed E-state index contributed by atoms with van der Waals surface area (Å²) in [5, 5.41) is 46.6. The Labute approximate surface area is 448 Å². The van der Waals surface area contributed by atoms with Crippen LogP contribution in [-0.2, 0) is 9.53 Å². The number of nitrogens with one attached hydrogen (secondary N) is 8. The molecule has 0 radical (unpaired) electrons. The molecule has 0 spiro atoms. The summed E-state index contributed by atoms with van der Waals surface area (Å²) in [6.45, 7) is 5.89. The molecule has 77 heavy (non-hydrogen) atoms. The van der Waals surface area contributed by atoms with Gasteiger partial charge < -0.3 is 56.9 Å². The molecule has 396 valence electrons. The molecular weight excluding hydrogens is 1000 g/mol. The topological polar surface area (TPSA) is 267 Å². The summed E-state index contributed by atoms with van der Waals surface area (Å²) in [7, 11) is 1.86. The lowest BCUT2D eigenvalue weighted by molar-refractivity contribution is -0.138. The molecule has 0 unspecified atom stereocenters. The summed E-state index contributed by atoms with van der Waals surface area (Å²) >= 11 is 1.13. The third-order valence-electron chi connectivity index (χ3n) is 12.0. The number of aromatic hydroxyl groups is 1. The monoisotopic (exact) mass is 1060 g/mol. The summed E-state index contributed by atoms with van der Waals surface area (Å²) in [6.07, 6.45) is 4.63. The van der Waals surface area contributed by atoms with E-state index in [1.54, 1.807) is 67.6 Å². The SMILES string of the molecule is CCOC(=O)C1=C(O)/C(=C/c2ccc(OCCCN3C=C(CCNC(=O)c4cc(NC(=O)Nc5ccc(C6=NCCN6)cc5)cc(NC(=O)Nc5ccc(C6=NCCN6)cc5)c4)N(C)N3)c(O)c2)SC1=Nc1ccccc1. The highest BCUT2D eigenvalue weighted by atomic mass is 32.2. The lowest BCUT2D eigenvalue weighted by Gasteiger charge is -2.21. The van der Waals surface area contributed by atoms with Crippen molar-refractivity contribution in [1.29, 1.82) is 0 Å². The van der Waals surface area contributed by atoms with Gasteiger partial charge in [-0.25, -0.2) is 19.4 Å². The Balaban J connectivity index is 0.776. The lowest BCUT2D eigenvalue weighted by Crippen LogP contribution is -2.39. The summed E-state index contributed by atoms with van der Waals surface area (Å²) in [6, 6.07) is 32.0. The van der Waals surface area contributed by atoms with E-state index < -0.39 is 23.9 Å². The Bertz CT molecular complexity index is 3110. The molecule has 9 rings (SSSR count). The van der Waals surface area contributed by atoms with Crippen LogP contribution in [0, 0.1) is 0 Å². The first-order valence-electron chi connectivity index (χ1n) is 24.9. The molecule has 5 aromatic carbocycles. The molecule has 0 saturated heterocycles. The molecule has 4 aliphatic heterocycles. The van der Waals surface area contributed by atoms with Gasteiger partial charge in [0.2, 0.25) is 0 Å². The fourth-order valence-electron chi connectivity index (χ4n) is 8.33. The summed E-state index contributed by atoms with van der Waals surface area (Å²) in [5.41, 5.74) is 8.94. The van der Waals surface area contributed by atoms with Crippen molar-refractivity contribution in [1.82, 2.24) is 31.5 Å². The zero-order valence-corrected chi connectivity index (χ0v) is 43.0. The van der Waals surface area contributed by atoms with Crippen molar-refractivity contribution >= 4 is 86.9 Å². The van der Waals surface area contributed by atoms with E-state index in [4.69, 9.17) is 9.47 Å². The van der Waals surface area contributed by atoms with E-state index in [0.29, 0.717) is 65.1 Å². The number of aliphatic hydroxyl groups is 1. The van der Waals surface area contributed by atoms with Crippen LogP contribution in [0.2, 0.25) is 0 Å². The third kappa shape index (κ3) is 13.9. The van der Waals surface area contributed by atoms with E-state index in [1.807, 2.05) is 65.7 Å². The van der Waals surface area contributed by atoms with E-state index >= 15 is 0 Å². The van der Waals surface area contributed by atoms with Crippen LogP contribution in [0.3, 0.4) is 0 Å². The van der Waals surface area contributed by atoms with Gasteiger partial charge in [-0.15, -0.1) is 5.53 Å². The third-order valence-corrected chi connectivity index (χ3v) is 13.0. The van der Waals surface area contributed by atoms with Crippen molar-refractivity contribution in [2.24, 2.45) is 15.0 Å². The predicted octanol–water partition coefficient (Wildman–Crippen LogP) is 7.67. The number of carbonyl (C=O) groups is 4. The number of esters is 1. The Morgan fingerprint density at radius 2 is 1.40 bits per heavy atom. The summed E-state index contributed by atoms with van der Waals surface area (Å²) in [5.74, 6) is 0.425. The minimum absolute atomic E-state index is 0.0228. The van der Waals surface area contributed by atoms with Gasteiger partial charge in [-0.2, -0.15) is 0 Å². The number of nitrogens with zero attached hydrogens (tertiary/aromatic N) is 5. The van der Waals surface area contributed by atoms with Gasteiger partial charge in [0.1, 0.15) is 28.0 Å². The number of hydrazine groups is 2. The molecule has 21 nitrogen and oxygen atoms in total. The number of thioether (sulfide) groups is 1. The van der Waals surface area contributed by atoms with Crippen LogP contribution >= 0.6 is 11.8 Å². The second kappa shape index (κ2) is 24.8. The maximum absolute atomic E-state index is 13.7. The standard InChI is InChI=1S/C55H57N13O8S/c1-3-75-53(72)47-48(70)46(77-52(47)61-38-8-5-4-6-9-38)29-34-10-19-45(44(69)28-34)76-27-7-26-68-33-43(67(2)66-68)20-21-60-51(71)37-30-41(64-54(73)62-39-15-11-35(12-16-39)49-56-22-23-57-49)32-42(31-37)65-55(74)63-40-17-13-36(14-18-40)50-58-24-25-59-50/h4-6,8-19,28-33,66,69-70H,3,7,20-27H2,1-2H3,(H,56,57)(H,58,59)(H,60,71)(H2,62,64,73)(H2,63,65,74)/b46-29-,61-52?. The summed E-state index contributed by atoms with van der Waals surface area (Å²) in [4.78, 5) is 66.9. The van der Waals surface area contributed by atoms with Gasteiger partial charge in [-0.3, -0.25) is 24.8 Å². The van der Waals surface area contributed by atoms with Gasteiger partial charge in [0.05, 0.1) is 36.9 Å². The molecule has 0 aliphatic carbocycles. The van der Waals surface area contributed by atoms with Gasteiger partial charge in [-0.1, -0.05) is 36.0 Å². The largest absolute Gasteiger partial charge is 0.506 e. The zero-order valence-electron chi connectivity index (χ0n) is 42.2. The fraction of sp³-hybridized carbons (Fsp3) is 0.218. The van der Waals surface area contributed by atoms with Crippen LogP contribution in [0.25, 0.3) is 6.08 Å². The molecule has 0 atom stereocenters. The van der Waals surface area contributed by atoms with Crippen LogP contribution in [0.1, 0.15) is 46.8 Å². The quantitative estimate of drug-likeness (QED) is 0.0281. The molecule has 10 N–H and O–H groups in total. The average Bonchev–Trinajstić information content (AvgIpc) is 4.28. The van der Waals surface area contributed by atoms with E-state index in [0.717, 1.165) is 53.3 Å². The number of anilines is 4. The van der Waals surface area contributed by atoms with Crippen LogP contribution < -0.4 is 47.5 Å². The van der Waals surface area contributed by atoms with Gasteiger partial charge in [-0.05, 0) is 110 Å². The number of hydrogen-bond donors (Lipinski definition) is 10. The van der Waals surface area contributed by atoms with Crippen molar-refractivity contribution in [3.8, 4) is 11.5 Å². The van der Waals surface area contributed by atoms with Crippen molar-refractivity contribution in [2.75, 3.05) is 80.8 Å². The molecule has 0 fully saturated rings. The molecule has 4 heterocycles. The number of benzene rings is 5. The number of amides is 5. The Kier molecular flexibility index (Phi) is 17.0. The fourth-order valence-corrected chi connectivity index (χ4v) is 9.36. The van der Waals surface area contributed by atoms with Gasteiger partial charge in [0.25, 0.3) is 5.91 Å². The average molecular weight is 1060 g/mol. The molecule has 0 aromatic heterocycles. The molecule has 22 heteroatoms. The number of carbonyl (C=O) groups excluding carboxylic acids is 4. The number of aliphatic imine (C=N–C) groups is 3.